The van der Waals surface area contributed by atoms with Crippen molar-refractivity contribution in [3.8, 4) is 11.8 Å². The van der Waals surface area contributed by atoms with Crippen LogP contribution >= 0.6 is 0 Å². The summed E-state index contributed by atoms with van der Waals surface area (Å²) in [4.78, 5) is 2.44. The van der Waals surface area contributed by atoms with Gasteiger partial charge in [0, 0.05) is 18.7 Å². The third kappa shape index (κ3) is 3.13. The van der Waals surface area contributed by atoms with E-state index < -0.39 is 0 Å². The maximum atomic E-state index is 5.41. The Morgan fingerprint density at radius 1 is 1.22 bits per heavy atom. The normalized spacial score (nSPS) is 19.7. The molecule has 1 aliphatic rings. The van der Waals surface area contributed by atoms with E-state index in [4.69, 9.17) is 4.74 Å². The van der Waals surface area contributed by atoms with Crippen molar-refractivity contribution in [2.45, 2.75) is 25.8 Å². The molecule has 1 fully saturated rings. The molecular formula is C16H21NO. The van der Waals surface area contributed by atoms with E-state index >= 15 is 0 Å². The Hall–Kier alpha value is -1.30. The largest absolute Gasteiger partial charge is 0.379 e. The summed E-state index contributed by atoms with van der Waals surface area (Å²) in [5.41, 5.74) is 1.05. The average molecular weight is 243 g/mol. The lowest BCUT2D eigenvalue weighted by Gasteiger charge is -2.39. The van der Waals surface area contributed by atoms with Crippen LogP contribution in [-0.4, -0.2) is 36.7 Å². The fourth-order valence-electron chi connectivity index (χ4n) is 2.18. The summed E-state index contributed by atoms with van der Waals surface area (Å²) >= 11 is 0. The van der Waals surface area contributed by atoms with Gasteiger partial charge in [0.05, 0.1) is 18.8 Å². The second-order valence-corrected chi connectivity index (χ2v) is 4.84. The SMILES string of the molecule is CCC(C)(C#Cc1ccccc1)N1CCOCC1. The zero-order chi connectivity index (χ0) is 12.8. The first-order valence-electron chi connectivity index (χ1n) is 6.65. The Bertz CT molecular complexity index is 425. The number of rotatable bonds is 2. The topological polar surface area (TPSA) is 12.5 Å². The van der Waals surface area contributed by atoms with E-state index in [9.17, 15) is 0 Å². The fraction of sp³-hybridized carbons (Fsp3) is 0.500. The Morgan fingerprint density at radius 3 is 2.50 bits per heavy atom. The smallest absolute Gasteiger partial charge is 0.0799 e. The van der Waals surface area contributed by atoms with Gasteiger partial charge in [-0.2, -0.15) is 0 Å². The molecule has 2 nitrogen and oxygen atoms in total. The van der Waals surface area contributed by atoms with Crippen molar-refractivity contribution in [2.75, 3.05) is 26.3 Å². The summed E-state index contributed by atoms with van der Waals surface area (Å²) in [7, 11) is 0. The molecule has 0 aliphatic carbocycles. The van der Waals surface area contributed by atoms with Crippen LogP contribution in [0.15, 0.2) is 30.3 Å². The van der Waals surface area contributed by atoms with Gasteiger partial charge < -0.3 is 4.74 Å². The summed E-state index contributed by atoms with van der Waals surface area (Å²) in [5.74, 6) is 6.75. The lowest BCUT2D eigenvalue weighted by molar-refractivity contribution is 0.00138. The highest BCUT2D eigenvalue weighted by atomic mass is 16.5. The molecule has 0 N–H and O–H groups in total. The first-order chi connectivity index (χ1) is 8.74. The molecule has 0 amide bonds. The second kappa shape index (κ2) is 6.04. The van der Waals surface area contributed by atoms with Gasteiger partial charge >= 0.3 is 0 Å². The monoisotopic (exact) mass is 243 g/mol. The van der Waals surface area contributed by atoms with Crippen molar-refractivity contribution >= 4 is 0 Å². The van der Waals surface area contributed by atoms with Gasteiger partial charge in [0.1, 0.15) is 0 Å². The molecule has 2 rings (SSSR count). The molecule has 1 aromatic carbocycles. The van der Waals surface area contributed by atoms with E-state index in [2.05, 4.69) is 42.7 Å². The van der Waals surface area contributed by atoms with Crippen LogP contribution in [0.1, 0.15) is 25.8 Å². The molecule has 0 radical (unpaired) electrons. The fourth-order valence-corrected chi connectivity index (χ4v) is 2.18. The number of nitrogens with zero attached hydrogens (tertiary/aromatic N) is 1. The van der Waals surface area contributed by atoms with Crippen LogP contribution in [0.5, 0.6) is 0 Å². The summed E-state index contributed by atoms with van der Waals surface area (Å²) in [6, 6.07) is 10.2. The lowest BCUT2D eigenvalue weighted by atomic mass is 9.96. The Kier molecular flexibility index (Phi) is 4.41. The molecule has 96 valence electrons. The van der Waals surface area contributed by atoms with Gasteiger partial charge in [-0.1, -0.05) is 37.0 Å². The first-order valence-corrected chi connectivity index (χ1v) is 6.65. The zero-order valence-corrected chi connectivity index (χ0v) is 11.3. The predicted octanol–water partition coefficient (Wildman–Crippen LogP) is 2.54. The summed E-state index contributed by atoms with van der Waals surface area (Å²) in [6.45, 7) is 8.04. The molecule has 1 atom stereocenters. The molecule has 0 saturated carbocycles. The Labute approximate surface area is 110 Å². The van der Waals surface area contributed by atoms with Crippen molar-refractivity contribution in [3.05, 3.63) is 35.9 Å². The highest BCUT2D eigenvalue weighted by Crippen LogP contribution is 2.20. The molecule has 1 heterocycles. The zero-order valence-electron chi connectivity index (χ0n) is 11.3. The van der Waals surface area contributed by atoms with Crippen molar-refractivity contribution in [3.63, 3.8) is 0 Å². The van der Waals surface area contributed by atoms with Crippen LogP contribution in [0.3, 0.4) is 0 Å². The molecule has 1 unspecified atom stereocenters. The van der Waals surface area contributed by atoms with Crippen LogP contribution in [0, 0.1) is 11.8 Å². The summed E-state index contributed by atoms with van der Waals surface area (Å²) in [6.07, 6.45) is 1.03. The van der Waals surface area contributed by atoms with E-state index in [1.165, 1.54) is 0 Å². The molecule has 1 saturated heterocycles. The van der Waals surface area contributed by atoms with Gasteiger partial charge in [-0.3, -0.25) is 4.90 Å². The van der Waals surface area contributed by atoms with Crippen LogP contribution < -0.4 is 0 Å². The van der Waals surface area contributed by atoms with Crippen LogP contribution in [-0.2, 0) is 4.74 Å². The maximum absolute atomic E-state index is 5.41. The number of hydrogen-bond donors (Lipinski definition) is 0. The van der Waals surface area contributed by atoms with Crippen molar-refractivity contribution in [1.29, 1.82) is 0 Å². The summed E-state index contributed by atoms with van der Waals surface area (Å²) in [5, 5.41) is 0. The van der Waals surface area contributed by atoms with Crippen molar-refractivity contribution < 1.29 is 4.74 Å². The van der Waals surface area contributed by atoms with Gasteiger partial charge in [0.15, 0.2) is 0 Å². The van der Waals surface area contributed by atoms with E-state index in [1.54, 1.807) is 0 Å². The Balaban J connectivity index is 2.15. The predicted molar refractivity (Wildman–Crippen MR) is 74.4 cm³/mol. The average Bonchev–Trinajstić information content (AvgIpc) is 2.47. The van der Waals surface area contributed by atoms with Crippen molar-refractivity contribution in [2.24, 2.45) is 0 Å². The number of ether oxygens (including phenoxy) is 1. The molecule has 1 aromatic rings. The van der Waals surface area contributed by atoms with E-state index in [0.29, 0.717) is 0 Å². The van der Waals surface area contributed by atoms with Gasteiger partial charge in [-0.15, -0.1) is 0 Å². The number of morpholine rings is 1. The van der Waals surface area contributed by atoms with Gasteiger partial charge in [-0.05, 0) is 25.5 Å². The third-order valence-electron chi connectivity index (χ3n) is 3.65. The van der Waals surface area contributed by atoms with Gasteiger partial charge in [0.25, 0.3) is 0 Å². The molecular weight excluding hydrogens is 222 g/mol. The highest BCUT2D eigenvalue weighted by Gasteiger charge is 2.29. The molecule has 18 heavy (non-hydrogen) atoms. The quantitative estimate of drug-likeness (QED) is 0.740. The van der Waals surface area contributed by atoms with Crippen molar-refractivity contribution in [1.82, 2.24) is 4.90 Å². The van der Waals surface area contributed by atoms with Crippen LogP contribution in [0.4, 0.5) is 0 Å². The standard InChI is InChI=1S/C16H21NO/c1-3-16(2,17-11-13-18-14-12-17)10-9-15-7-5-4-6-8-15/h4-8H,3,11-14H2,1-2H3. The van der Waals surface area contributed by atoms with E-state index in [1.807, 2.05) is 18.2 Å². The number of hydrogen-bond acceptors (Lipinski definition) is 2. The summed E-state index contributed by atoms with van der Waals surface area (Å²) < 4.78 is 5.41. The van der Waals surface area contributed by atoms with Gasteiger partial charge in [-0.25, -0.2) is 0 Å². The van der Waals surface area contributed by atoms with E-state index in [-0.39, 0.29) is 5.54 Å². The van der Waals surface area contributed by atoms with E-state index in [0.717, 1.165) is 38.3 Å². The van der Waals surface area contributed by atoms with Crippen LogP contribution in [0.2, 0.25) is 0 Å². The highest BCUT2D eigenvalue weighted by molar-refractivity contribution is 5.36. The first kappa shape index (κ1) is 13.1. The molecule has 0 aromatic heterocycles. The molecule has 1 aliphatic heterocycles. The Morgan fingerprint density at radius 2 is 1.89 bits per heavy atom. The maximum Gasteiger partial charge on any atom is 0.0799 e. The minimum atomic E-state index is -0.0420. The van der Waals surface area contributed by atoms with Crippen LogP contribution in [0.25, 0.3) is 0 Å². The molecule has 0 spiro atoms. The number of benzene rings is 1. The minimum absolute atomic E-state index is 0.0420. The van der Waals surface area contributed by atoms with Gasteiger partial charge in [0.2, 0.25) is 0 Å². The molecule has 0 bridgehead atoms. The molecule has 2 heteroatoms. The second-order valence-electron chi connectivity index (χ2n) is 4.84. The lowest BCUT2D eigenvalue weighted by Crippen LogP contribution is -2.50. The minimum Gasteiger partial charge on any atom is -0.379 e. The third-order valence-corrected chi connectivity index (χ3v) is 3.65.